The lowest BCUT2D eigenvalue weighted by atomic mass is 10.1. The Morgan fingerprint density at radius 3 is 2.86 bits per heavy atom. The van der Waals surface area contributed by atoms with Crippen molar-refractivity contribution in [3.05, 3.63) is 27.7 Å². The second-order valence-corrected chi connectivity index (χ2v) is 7.80. The van der Waals surface area contributed by atoms with Crippen LogP contribution in [0.5, 0.6) is 5.75 Å². The van der Waals surface area contributed by atoms with Gasteiger partial charge in [-0.15, -0.1) is 0 Å². The van der Waals surface area contributed by atoms with Gasteiger partial charge in [0.05, 0.1) is 6.61 Å². The van der Waals surface area contributed by atoms with E-state index in [1.807, 2.05) is 12.1 Å². The van der Waals surface area contributed by atoms with E-state index in [4.69, 9.17) is 4.74 Å². The number of halogens is 1. The molecule has 2 heterocycles. The average Bonchev–Trinajstić information content (AvgIpc) is 2.94. The van der Waals surface area contributed by atoms with Crippen LogP contribution in [0.3, 0.4) is 0 Å². The zero-order chi connectivity index (χ0) is 14.9. The van der Waals surface area contributed by atoms with Gasteiger partial charge in [-0.2, -0.15) is 17.4 Å². The minimum atomic E-state index is -3.44. The predicted molar refractivity (Wildman–Crippen MR) is 83.5 cm³/mol. The van der Waals surface area contributed by atoms with E-state index < -0.39 is 10.2 Å². The molecule has 0 bridgehead atoms. The Bertz CT molecular complexity index is 630. The number of rotatable bonds is 4. The third-order valence-electron chi connectivity index (χ3n) is 3.69. The number of fused-ring (bicyclic) bond motifs is 1. The van der Waals surface area contributed by atoms with Crippen LogP contribution >= 0.6 is 15.9 Å². The monoisotopic (exact) mass is 375 g/mol. The fourth-order valence-electron chi connectivity index (χ4n) is 2.62. The van der Waals surface area contributed by atoms with E-state index in [1.54, 1.807) is 0 Å². The Morgan fingerprint density at radius 1 is 1.33 bits per heavy atom. The van der Waals surface area contributed by atoms with E-state index in [2.05, 4.69) is 26.0 Å². The molecule has 0 amide bonds. The number of hydrogen-bond acceptors (Lipinski definition) is 4. The first-order valence-electron chi connectivity index (χ1n) is 6.96. The van der Waals surface area contributed by atoms with Crippen LogP contribution < -0.4 is 14.8 Å². The van der Waals surface area contributed by atoms with Crippen LogP contribution in [0.4, 0.5) is 0 Å². The van der Waals surface area contributed by atoms with Crippen LogP contribution in [0.25, 0.3) is 0 Å². The molecule has 0 spiro atoms. The quantitative estimate of drug-likeness (QED) is 0.809. The van der Waals surface area contributed by atoms with E-state index in [9.17, 15) is 8.42 Å². The van der Waals surface area contributed by atoms with Gasteiger partial charge in [-0.1, -0.05) is 15.9 Å². The van der Waals surface area contributed by atoms with Crippen molar-refractivity contribution in [1.82, 2.24) is 14.3 Å². The normalized spacial score (nSPS) is 19.3. The Morgan fingerprint density at radius 2 is 2.10 bits per heavy atom. The number of benzene rings is 1. The molecule has 1 saturated heterocycles. The van der Waals surface area contributed by atoms with E-state index in [-0.39, 0.29) is 6.54 Å². The van der Waals surface area contributed by atoms with Gasteiger partial charge >= 0.3 is 0 Å². The first-order valence-corrected chi connectivity index (χ1v) is 9.19. The summed E-state index contributed by atoms with van der Waals surface area (Å²) in [5, 5.41) is 3.14. The molecule has 116 valence electrons. The molecule has 1 fully saturated rings. The molecule has 1 aromatic rings. The largest absolute Gasteiger partial charge is 0.493 e. The van der Waals surface area contributed by atoms with E-state index in [1.165, 1.54) is 4.31 Å². The van der Waals surface area contributed by atoms with Crippen molar-refractivity contribution in [2.45, 2.75) is 13.0 Å². The average molecular weight is 376 g/mol. The smallest absolute Gasteiger partial charge is 0.279 e. The molecule has 0 atom stereocenters. The Labute approximate surface area is 133 Å². The second kappa shape index (κ2) is 6.21. The van der Waals surface area contributed by atoms with Crippen LogP contribution in [0.1, 0.15) is 11.1 Å². The lowest BCUT2D eigenvalue weighted by Gasteiger charge is -2.26. The van der Waals surface area contributed by atoms with Crippen LogP contribution in [0.2, 0.25) is 0 Å². The van der Waals surface area contributed by atoms with Crippen LogP contribution in [-0.2, 0) is 23.2 Å². The zero-order valence-electron chi connectivity index (χ0n) is 11.6. The lowest BCUT2D eigenvalue weighted by Crippen LogP contribution is -2.50. The summed E-state index contributed by atoms with van der Waals surface area (Å²) in [4.78, 5) is 0. The van der Waals surface area contributed by atoms with Gasteiger partial charge in [-0.25, -0.2) is 0 Å². The summed E-state index contributed by atoms with van der Waals surface area (Å²) in [6, 6.07) is 3.93. The van der Waals surface area contributed by atoms with E-state index >= 15 is 0 Å². The fourth-order valence-corrected chi connectivity index (χ4v) is 4.36. The molecule has 1 aromatic carbocycles. The molecule has 0 unspecified atom stereocenters. The molecule has 2 aliphatic rings. The number of nitrogens with zero attached hydrogens (tertiary/aromatic N) is 1. The number of nitrogens with one attached hydrogen (secondary N) is 2. The van der Waals surface area contributed by atoms with Gasteiger partial charge in [0.2, 0.25) is 0 Å². The first kappa shape index (κ1) is 15.2. The second-order valence-electron chi connectivity index (χ2n) is 5.13. The first-order chi connectivity index (χ1) is 10.1. The van der Waals surface area contributed by atoms with E-state index in [0.717, 1.165) is 27.8 Å². The summed E-state index contributed by atoms with van der Waals surface area (Å²) < 4.78 is 35.3. The molecule has 8 heteroatoms. The maximum absolute atomic E-state index is 12.3. The van der Waals surface area contributed by atoms with Crippen LogP contribution in [-0.4, -0.2) is 45.5 Å². The van der Waals surface area contributed by atoms with Crippen LogP contribution in [0, 0.1) is 0 Å². The molecule has 0 saturated carbocycles. The van der Waals surface area contributed by atoms with Gasteiger partial charge < -0.3 is 10.1 Å². The highest BCUT2D eigenvalue weighted by molar-refractivity contribution is 9.10. The van der Waals surface area contributed by atoms with Crippen molar-refractivity contribution < 1.29 is 13.2 Å². The summed E-state index contributed by atoms with van der Waals surface area (Å²) in [7, 11) is -3.44. The van der Waals surface area contributed by atoms with Gasteiger partial charge in [0.15, 0.2) is 0 Å². The number of hydrogen-bond donors (Lipinski definition) is 2. The van der Waals surface area contributed by atoms with Gasteiger partial charge in [0, 0.05) is 49.2 Å². The van der Waals surface area contributed by atoms with Crippen molar-refractivity contribution in [1.29, 1.82) is 0 Å². The standard InChI is InChI=1S/C13H18BrN3O3S/c14-12-7-10-1-6-20-13(10)11(8-12)9-16-21(18,19)17-4-2-15-3-5-17/h7-8,15-16H,1-6,9H2. The maximum atomic E-state index is 12.3. The third kappa shape index (κ3) is 3.40. The predicted octanol–water partition coefficient (Wildman–Crippen LogP) is 0.624. The Hall–Kier alpha value is -0.670. The van der Waals surface area contributed by atoms with Gasteiger partial charge in [-0.3, -0.25) is 0 Å². The highest BCUT2D eigenvalue weighted by Gasteiger charge is 2.24. The summed E-state index contributed by atoms with van der Waals surface area (Å²) in [5.41, 5.74) is 2.00. The highest BCUT2D eigenvalue weighted by Crippen LogP contribution is 2.33. The van der Waals surface area contributed by atoms with Crippen molar-refractivity contribution in [3.63, 3.8) is 0 Å². The van der Waals surface area contributed by atoms with Gasteiger partial charge in [0.25, 0.3) is 10.2 Å². The lowest BCUT2D eigenvalue weighted by molar-refractivity contribution is 0.349. The maximum Gasteiger partial charge on any atom is 0.279 e. The summed E-state index contributed by atoms with van der Waals surface area (Å²) in [6.07, 6.45) is 0.867. The molecule has 2 N–H and O–H groups in total. The van der Waals surface area contributed by atoms with Crippen molar-refractivity contribution in [3.8, 4) is 5.75 Å². The molecule has 6 nitrogen and oxygen atoms in total. The molecule has 0 radical (unpaired) electrons. The molecule has 3 rings (SSSR count). The van der Waals surface area contributed by atoms with Crippen LogP contribution in [0.15, 0.2) is 16.6 Å². The highest BCUT2D eigenvalue weighted by atomic mass is 79.9. The van der Waals surface area contributed by atoms with Crippen molar-refractivity contribution in [2.75, 3.05) is 32.8 Å². The SMILES string of the molecule is O=S(=O)(NCc1cc(Br)cc2c1OCC2)N1CCNCC1. The topological polar surface area (TPSA) is 70.7 Å². The fraction of sp³-hybridized carbons (Fsp3) is 0.538. The third-order valence-corrected chi connectivity index (χ3v) is 5.70. The Balaban J connectivity index is 1.73. The molecular weight excluding hydrogens is 358 g/mol. The van der Waals surface area contributed by atoms with Crippen molar-refractivity contribution in [2.24, 2.45) is 0 Å². The Kier molecular flexibility index (Phi) is 4.51. The molecule has 21 heavy (non-hydrogen) atoms. The molecule has 0 aromatic heterocycles. The zero-order valence-corrected chi connectivity index (χ0v) is 14.0. The number of piperazine rings is 1. The summed E-state index contributed by atoms with van der Waals surface area (Å²) in [5.74, 6) is 0.821. The molecule has 2 aliphatic heterocycles. The molecular formula is C13H18BrN3O3S. The minimum Gasteiger partial charge on any atom is -0.493 e. The minimum absolute atomic E-state index is 0.244. The van der Waals surface area contributed by atoms with Gasteiger partial charge in [0.1, 0.15) is 5.75 Å². The number of ether oxygens (including phenoxy) is 1. The van der Waals surface area contributed by atoms with Crippen molar-refractivity contribution >= 4 is 26.1 Å². The van der Waals surface area contributed by atoms with Gasteiger partial charge in [-0.05, 0) is 17.7 Å². The summed E-state index contributed by atoms with van der Waals surface area (Å²) >= 11 is 3.46. The van der Waals surface area contributed by atoms with E-state index in [0.29, 0.717) is 32.8 Å². The molecule has 0 aliphatic carbocycles. The summed E-state index contributed by atoms with van der Waals surface area (Å²) in [6.45, 7) is 3.29.